The first-order chi connectivity index (χ1) is 18.5. The van der Waals surface area contributed by atoms with Gasteiger partial charge in [-0.15, -0.1) is 0 Å². The minimum Gasteiger partial charge on any atom is -0.508 e. The summed E-state index contributed by atoms with van der Waals surface area (Å²) in [6, 6.07) is 21.0. The number of phenols is 1. The Kier molecular flexibility index (Phi) is 6.14. The molecule has 9 nitrogen and oxygen atoms in total. The Balaban J connectivity index is 1.40. The number of benzene rings is 2. The SMILES string of the molecule is Cc1ccc2c(Nc3ccc(Sc4ccc(O)cc4)c(Nc4ncnc5nc(C)ccc45)c3)ncnc2n1. The maximum absolute atomic E-state index is 9.69. The highest BCUT2D eigenvalue weighted by molar-refractivity contribution is 7.99. The van der Waals surface area contributed by atoms with Crippen LogP contribution in [0.5, 0.6) is 5.75 Å². The van der Waals surface area contributed by atoms with E-state index in [0.29, 0.717) is 22.9 Å². The maximum atomic E-state index is 9.69. The first-order valence-corrected chi connectivity index (χ1v) is 12.7. The number of aromatic nitrogens is 6. The summed E-state index contributed by atoms with van der Waals surface area (Å²) in [6.45, 7) is 3.87. The lowest BCUT2D eigenvalue weighted by atomic mass is 10.2. The van der Waals surface area contributed by atoms with E-state index in [2.05, 4.69) is 40.5 Å². The van der Waals surface area contributed by atoms with Crippen molar-refractivity contribution >= 4 is 56.8 Å². The monoisotopic (exact) mass is 518 g/mol. The Morgan fingerprint density at radius 1 is 0.658 bits per heavy atom. The Hall–Kier alpha value is -4.83. The number of aryl methyl sites for hydroxylation is 2. The van der Waals surface area contributed by atoms with Crippen molar-refractivity contribution in [3.63, 3.8) is 0 Å². The van der Waals surface area contributed by atoms with Gasteiger partial charge in [0.1, 0.15) is 30.0 Å². The van der Waals surface area contributed by atoms with Gasteiger partial charge in [0.2, 0.25) is 0 Å². The molecule has 0 unspecified atom stereocenters. The zero-order valence-corrected chi connectivity index (χ0v) is 21.4. The molecule has 0 amide bonds. The summed E-state index contributed by atoms with van der Waals surface area (Å²) in [6.07, 6.45) is 3.02. The molecule has 4 aromatic heterocycles. The first kappa shape index (κ1) is 23.6. The molecule has 0 saturated heterocycles. The van der Waals surface area contributed by atoms with E-state index < -0.39 is 0 Å². The number of hydrogen-bond acceptors (Lipinski definition) is 10. The lowest BCUT2D eigenvalue weighted by Gasteiger charge is -2.15. The summed E-state index contributed by atoms with van der Waals surface area (Å²) < 4.78 is 0. The molecule has 186 valence electrons. The number of hydrogen-bond donors (Lipinski definition) is 3. The van der Waals surface area contributed by atoms with Crippen molar-refractivity contribution in [2.24, 2.45) is 0 Å². The van der Waals surface area contributed by atoms with Gasteiger partial charge in [0.05, 0.1) is 16.5 Å². The minimum atomic E-state index is 0.226. The van der Waals surface area contributed by atoms with Gasteiger partial charge < -0.3 is 15.7 Å². The molecule has 10 heteroatoms. The van der Waals surface area contributed by atoms with E-state index in [4.69, 9.17) is 0 Å². The Bertz CT molecular complexity index is 1790. The fourth-order valence-electron chi connectivity index (χ4n) is 3.97. The van der Waals surface area contributed by atoms with Gasteiger partial charge in [0.15, 0.2) is 11.3 Å². The van der Waals surface area contributed by atoms with E-state index in [1.54, 1.807) is 23.9 Å². The van der Waals surface area contributed by atoms with E-state index in [1.807, 2.05) is 68.4 Å². The normalized spacial score (nSPS) is 11.1. The second-order valence-corrected chi connectivity index (χ2v) is 9.76. The van der Waals surface area contributed by atoms with Crippen molar-refractivity contribution in [3.05, 3.63) is 90.8 Å². The minimum absolute atomic E-state index is 0.226. The van der Waals surface area contributed by atoms with E-state index >= 15 is 0 Å². The molecular weight excluding hydrogens is 496 g/mol. The van der Waals surface area contributed by atoms with Gasteiger partial charge in [-0.3, -0.25) is 0 Å². The van der Waals surface area contributed by atoms with Crippen LogP contribution >= 0.6 is 11.8 Å². The van der Waals surface area contributed by atoms with Crippen LogP contribution in [0.3, 0.4) is 0 Å². The third-order valence-electron chi connectivity index (χ3n) is 5.83. The van der Waals surface area contributed by atoms with Gasteiger partial charge in [0.25, 0.3) is 0 Å². The number of pyridine rings is 2. The second-order valence-electron chi connectivity index (χ2n) is 8.65. The van der Waals surface area contributed by atoms with Gasteiger partial charge in [-0.2, -0.15) is 0 Å². The Morgan fingerprint density at radius 2 is 1.26 bits per heavy atom. The average molecular weight is 519 g/mol. The van der Waals surface area contributed by atoms with Gasteiger partial charge in [-0.25, -0.2) is 29.9 Å². The van der Waals surface area contributed by atoms with Crippen molar-refractivity contribution in [1.29, 1.82) is 0 Å². The van der Waals surface area contributed by atoms with Crippen molar-refractivity contribution in [2.45, 2.75) is 23.6 Å². The molecular formula is C28H22N8OS. The number of fused-ring (bicyclic) bond motifs is 2. The molecule has 38 heavy (non-hydrogen) atoms. The van der Waals surface area contributed by atoms with Crippen LogP contribution in [0.4, 0.5) is 23.0 Å². The predicted octanol–water partition coefficient (Wildman–Crippen LogP) is 6.32. The maximum Gasteiger partial charge on any atom is 0.164 e. The highest BCUT2D eigenvalue weighted by Crippen LogP contribution is 2.38. The largest absolute Gasteiger partial charge is 0.508 e. The van der Waals surface area contributed by atoms with Crippen LogP contribution in [0.2, 0.25) is 0 Å². The fourth-order valence-corrected chi connectivity index (χ4v) is 4.86. The molecule has 0 fully saturated rings. The molecule has 6 rings (SSSR count). The molecule has 4 heterocycles. The number of anilines is 4. The zero-order chi connectivity index (χ0) is 26.1. The quantitative estimate of drug-likeness (QED) is 0.231. The van der Waals surface area contributed by atoms with Gasteiger partial charge in [-0.1, -0.05) is 11.8 Å². The molecule has 0 atom stereocenters. The Morgan fingerprint density at radius 3 is 1.89 bits per heavy atom. The number of phenolic OH excluding ortho intramolecular Hbond substituents is 1. The summed E-state index contributed by atoms with van der Waals surface area (Å²) in [4.78, 5) is 28.6. The number of rotatable bonds is 6. The third kappa shape index (κ3) is 4.89. The van der Waals surface area contributed by atoms with E-state index in [0.717, 1.165) is 43.3 Å². The number of nitrogens with zero attached hydrogens (tertiary/aromatic N) is 6. The molecule has 2 aromatic carbocycles. The predicted molar refractivity (Wildman–Crippen MR) is 149 cm³/mol. The summed E-state index contributed by atoms with van der Waals surface area (Å²) in [5.41, 5.74) is 4.71. The highest BCUT2D eigenvalue weighted by atomic mass is 32.2. The zero-order valence-electron chi connectivity index (χ0n) is 20.5. The van der Waals surface area contributed by atoms with Crippen LogP contribution in [0.1, 0.15) is 11.4 Å². The topological polar surface area (TPSA) is 122 Å². The summed E-state index contributed by atoms with van der Waals surface area (Å²) in [5.74, 6) is 1.54. The van der Waals surface area contributed by atoms with Crippen LogP contribution in [0.15, 0.2) is 89.2 Å². The highest BCUT2D eigenvalue weighted by Gasteiger charge is 2.13. The Labute approximate surface area is 222 Å². The molecule has 0 saturated carbocycles. The molecule has 3 N–H and O–H groups in total. The van der Waals surface area contributed by atoms with Crippen LogP contribution < -0.4 is 10.6 Å². The van der Waals surface area contributed by atoms with Crippen molar-refractivity contribution < 1.29 is 5.11 Å². The summed E-state index contributed by atoms with van der Waals surface area (Å²) in [5, 5.41) is 18.3. The fraction of sp³-hybridized carbons (Fsp3) is 0.0714. The molecule has 0 aliphatic rings. The van der Waals surface area contributed by atoms with Crippen molar-refractivity contribution in [3.8, 4) is 5.75 Å². The van der Waals surface area contributed by atoms with E-state index in [9.17, 15) is 5.11 Å². The third-order valence-corrected chi connectivity index (χ3v) is 6.92. The molecule has 0 radical (unpaired) electrons. The van der Waals surface area contributed by atoms with Crippen LogP contribution in [0, 0.1) is 13.8 Å². The van der Waals surface area contributed by atoms with Crippen LogP contribution in [-0.2, 0) is 0 Å². The average Bonchev–Trinajstić information content (AvgIpc) is 2.91. The number of nitrogens with one attached hydrogen (secondary N) is 2. The summed E-state index contributed by atoms with van der Waals surface area (Å²) in [7, 11) is 0. The number of aromatic hydroxyl groups is 1. The molecule has 6 aromatic rings. The van der Waals surface area contributed by atoms with Gasteiger partial charge >= 0.3 is 0 Å². The molecule has 0 aliphatic heterocycles. The lowest BCUT2D eigenvalue weighted by Crippen LogP contribution is -2.01. The lowest BCUT2D eigenvalue weighted by molar-refractivity contribution is 0.475. The summed E-state index contributed by atoms with van der Waals surface area (Å²) >= 11 is 1.57. The van der Waals surface area contributed by atoms with E-state index in [-0.39, 0.29) is 5.75 Å². The smallest absolute Gasteiger partial charge is 0.164 e. The van der Waals surface area contributed by atoms with E-state index in [1.165, 1.54) is 12.7 Å². The second kappa shape index (κ2) is 9.91. The first-order valence-electron chi connectivity index (χ1n) is 11.8. The van der Waals surface area contributed by atoms with Gasteiger partial charge in [0, 0.05) is 26.9 Å². The molecule has 0 aliphatic carbocycles. The van der Waals surface area contributed by atoms with Gasteiger partial charge in [-0.05, 0) is 80.6 Å². The molecule has 0 bridgehead atoms. The van der Waals surface area contributed by atoms with Crippen LogP contribution in [-0.4, -0.2) is 35.0 Å². The van der Waals surface area contributed by atoms with Crippen LogP contribution in [0.25, 0.3) is 22.1 Å². The van der Waals surface area contributed by atoms with Crippen molar-refractivity contribution in [1.82, 2.24) is 29.9 Å². The standard InChI is InChI=1S/C28H22N8OS/c1-16-3-10-21-25(33-16)29-14-31-27(21)35-18-5-12-24(38-20-8-6-19(37)7-9-20)23(13-18)36-28-22-11-4-17(2)34-26(22)30-15-32-28/h3-15,37H,1-2H3,(H,29,31,33,35)(H,30,32,34,36). The molecule has 0 spiro atoms. The van der Waals surface area contributed by atoms with Crippen molar-refractivity contribution in [2.75, 3.05) is 10.6 Å².